The minimum Gasteiger partial charge on any atom is -0.309 e. The molecular weight excluding hydrogens is 322 g/mol. The number of sulfonamides is 1. The third-order valence-corrected chi connectivity index (χ3v) is 5.97. The molecule has 124 valence electrons. The van der Waals surface area contributed by atoms with Gasteiger partial charge in [-0.05, 0) is 51.8 Å². The Morgan fingerprint density at radius 3 is 2.45 bits per heavy atom. The average Bonchev–Trinajstić information content (AvgIpc) is 2.47. The molecule has 1 aliphatic heterocycles. The van der Waals surface area contributed by atoms with Gasteiger partial charge in [0.1, 0.15) is 0 Å². The van der Waals surface area contributed by atoms with Gasteiger partial charge in [0.2, 0.25) is 10.0 Å². The van der Waals surface area contributed by atoms with Gasteiger partial charge in [0.25, 0.3) is 0 Å². The normalized spacial score (nSPS) is 18.0. The molecule has 0 atom stereocenters. The summed E-state index contributed by atoms with van der Waals surface area (Å²) in [5, 5.41) is 0.448. The van der Waals surface area contributed by atoms with Gasteiger partial charge in [-0.15, -0.1) is 0 Å². The van der Waals surface area contributed by atoms with Gasteiger partial charge in [0, 0.05) is 31.2 Å². The van der Waals surface area contributed by atoms with Gasteiger partial charge in [-0.25, -0.2) is 8.42 Å². The van der Waals surface area contributed by atoms with E-state index in [1.807, 2.05) is 0 Å². The molecular formula is C15H24ClN3O2S. The molecule has 0 saturated carbocycles. The molecule has 5 nitrogen and oxygen atoms in total. The summed E-state index contributed by atoms with van der Waals surface area (Å²) in [5.74, 6) is 0. The smallest absolute Gasteiger partial charge is 0.243 e. The van der Waals surface area contributed by atoms with Crippen LogP contribution in [0.15, 0.2) is 29.2 Å². The van der Waals surface area contributed by atoms with Crippen LogP contribution in [0.25, 0.3) is 0 Å². The second-order valence-corrected chi connectivity index (χ2v) is 8.23. The Balaban J connectivity index is 1.91. The van der Waals surface area contributed by atoms with Crippen LogP contribution in [-0.4, -0.2) is 75.9 Å². The van der Waals surface area contributed by atoms with E-state index < -0.39 is 10.0 Å². The minimum atomic E-state index is -3.43. The predicted molar refractivity (Wildman–Crippen MR) is 89.8 cm³/mol. The monoisotopic (exact) mass is 345 g/mol. The Morgan fingerprint density at radius 1 is 1.18 bits per heavy atom. The first-order valence-electron chi connectivity index (χ1n) is 7.52. The summed E-state index contributed by atoms with van der Waals surface area (Å²) in [6, 6.07) is 6.47. The van der Waals surface area contributed by atoms with E-state index in [0.717, 1.165) is 32.6 Å². The summed E-state index contributed by atoms with van der Waals surface area (Å²) in [6.07, 6.45) is 1.11. The average molecular weight is 346 g/mol. The molecule has 0 spiro atoms. The van der Waals surface area contributed by atoms with Crippen LogP contribution in [0.1, 0.15) is 6.42 Å². The molecule has 22 heavy (non-hydrogen) atoms. The van der Waals surface area contributed by atoms with Crippen molar-refractivity contribution in [2.75, 3.05) is 53.4 Å². The van der Waals surface area contributed by atoms with Crippen LogP contribution < -0.4 is 0 Å². The van der Waals surface area contributed by atoms with E-state index in [0.29, 0.717) is 18.1 Å². The molecule has 0 unspecified atom stereocenters. The van der Waals surface area contributed by atoms with E-state index in [9.17, 15) is 8.42 Å². The molecule has 2 rings (SSSR count). The van der Waals surface area contributed by atoms with Gasteiger partial charge in [0.05, 0.1) is 4.90 Å². The molecule has 0 radical (unpaired) electrons. The van der Waals surface area contributed by atoms with Crippen molar-refractivity contribution in [2.45, 2.75) is 11.3 Å². The van der Waals surface area contributed by atoms with E-state index in [4.69, 9.17) is 11.6 Å². The lowest BCUT2D eigenvalue weighted by Gasteiger charge is -2.34. The lowest BCUT2D eigenvalue weighted by molar-refractivity contribution is 0.181. The molecule has 1 aliphatic rings. The van der Waals surface area contributed by atoms with Gasteiger partial charge in [-0.1, -0.05) is 17.7 Å². The van der Waals surface area contributed by atoms with Crippen molar-refractivity contribution in [3.05, 3.63) is 29.3 Å². The summed E-state index contributed by atoms with van der Waals surface area (Å²) in [4.78, 5) is 4.77. The Bertz CT molecular complexity index is 584. The fourth-order valence-corrected chi connectivity index (χ4v) is 4.30. The molecule has 0 aromatic heterocycles. The highest BCUT2D eigenvalue weighted by molar-refractivity contribution is 7.89. The van der Waals surface area contributed by atoms with Gasteiger partial charge in [-0.2, -0.15) is 4.31 Å². The van der Waals surface area contributed by atoms with Gasteiger partial charge >= 0.3 is 0 Å². The van der Waals surface area contributed by atoms with Crippen LogP contribution in [-0.2, 0) is 10.0 Å². The van der Waals surface area contributed by atoms with E-state index in [1.165, 1.54) is 6.07 Å². The topological polar surface area (TPSA) is 43.9 Å². The van der Waals surface area contributed by atoms with Gasteiger partial charge in [-0.3, -0.25) is 0 Å². The number of piperazine rings is 1. The highest BCUT2D eigenvalue weighted by Crippen LogP contribution is 2.20. The quantitative estimate of drug-likeness (QED) is 0.785. The van der Waals surface area contributed by atoms with Crippen molar-refractivity contribution in [1.29, 1.82) is 0 Å². The predicted octanol–water partition coefficient (Wildman–Crippen LogP) is 1.60. The molecule has 1 aromatic carbocycles. The van der Waals surface area contributed by atoms with E-state index in [1.54, 1.807) is 22.5 Å². The first-order valence-corrected chi connectivity index (χ1v) is 9.34. The zero-order valence-electron chi connectivity index (χ0n) is 13.2. The molecule has 0 bridgehead atoms. The molecule has 1 fully saturated rings. The second kappa shape index (κ2) is 7.75. The first kappa shape index (κ1) is 17.7. The van der Waals surface area contributed by atoms with Crippen molar-refractivity contribution in [3.8, 4) is 0 Å². The molecule has 7 heteroatoms. The van der Waals surface area contributed by atoms with E-state index >= 15 is 0 Å². The maximum absolute atomic E-state index is 12.6. The van der Waals surface area contributed by atoms with Crippen molar-refractivity contribution in [2.24, 2.45) is 0 Å². The zero-order valence-corrected chi connectivity index (χ0v) is 14.8. The summed E-state index contributed by atoms with van der Waals surface area (Å²) in [6.45, 7) is 4.72. The molecule has 1 heterocycles. The number of nitrogens with zero attached hydrogens (tertiary/aromatic N) is 3. The Kier molecular flexibility index (Phi) is 6.23. The van der Waals surface area contributed by atoms with Crippen LogP contribution in [0.2, 0.25) is 5.02 Å². The lowest BCUT2D eigenvalue weighted by Crippen LogP contribution is -2.48. The minimum absolute atomic E-state index is 0.279. The number of halogens is 1. The Morgan fingerprint density at radius 2 is 1.86 bits per heavy atom. The number of hydrogen-bond donors (Lipinski definition) is 0. The van der Waals surface area contributed by atoms with Crippen LogP contribution in [0, 0.1) is 0 Å². The Hall–Kier alpha value is -0.660. The SMILES string of the molecule is CN(C)CCCN1CCN(S(=O)(=O)c2cccc(Cl)c2)CC1. The largest absolute Gasteiger partial charge is 0.309 e. The fourth-order valence-electron chi connectivity index (χ4n) is 2.58. The summed E-state index contributed by atoms with van der Waals surface area (Å²) >= 11 is 5.90. The summed E-state index contributed by atoms with van der Waals surface area (Å²) < 4.78 is 26.7. The third kappa shape index (κ3) is 4.67. The summed E-state index contributed by atoms with van der Waals surface area (Å²) in [5.41, 5.74) is 0. The van der Waals surface area contributed by atoms with Gasteiger partial charge in [0.15, 0.2) is 0 Å². The maximum Gasteiger partial charge on any atom is 0.243 e. The molecule has 0 N–H and O–H groups in total. The van der Waals surface area contributed by atoms with Crippen LogP contribution in [0.4, 0.5) is 0 Å². The van der Waals surface area contributed by atoms with Crippen molar-refractivity contribution >= 4 is 21.6 Å². The summed E-state index contributed by atoms with van der Waals surface area (Å²) in [7, 11) is 0.702. The van der Waals surface area contributed by atoms with Crippen molar-refractivity contribution in [1.82, 2.24) is 14.1 Å². The van der Waals surface area contributed by atoms with Crippen molar-refractivity contribution in [3.63, 3.8) is 0 Å². The molecule has 1 aromatic rings. The number of rotatable bonds is 6. The van der Waals surface area contributed by atoms with Crippen molar-refractivity contribution < 1.29 is 8.42 Å². The Labute approximate surface area is 138 Å². The fraction of sp³-hybridized carbons (Fsp3) is 0.600. The highest BCUT2D eigenvalue weighted by atomic mass is 35.5. The number of hydrogen-bond acceptors (Lipinski definition) is 4. The van der Waals surface area contributed by atoms with Crippen LogP contribution in [0.3, 0.4) is 0 Å². The van der Waals surface area contributed by atoms with Gasteiger partial charge < -0.3 is 9.80 Å². The second-order valence-electron chi connectivity index (χ2n) is 5.86. The molecule has 1 saturated heterocycles. The lowest BCUT2D eigenvalue weighted by atomic mass is 10.3. The highest BCUT2D eigenvalue weighted by Gasteiger charge is 2.28. The molecule has 0 amide bonds. The van der Waals surface area contributed by atoms with Crippen LogP contribution in [0.5, 0.6) is 0 Å². The van der Waals surface area contributed by atoms with E-state index in [-0.39, 0.29) is 4.90 Å². The first-order chi connectivity index (χ1) is 10.4. The zero-order chi connectivity index (χ0) is 16.2. The number of benzene rings is 1. The standard InChI is InChI=1S/C15H24ClN3O2S/c1-17(2)7-4-8-18-9-11-19(12-10-18)22(20,21)15-6-3-5-14(16)13-15/h3,5-6,13H,4,7-12H2,1-2H3. The molecule has 0 aliphatic carbocycles. The van der Waals surface area contributed by atoms with Crippen LogP contribution >= 0.6 is 11.6 Å². The maximum atomic E-state index is 12.6. The van der Waals surface area contributed by atoms with E-state index in [2.05, 4.69) is 23.9 Å². The third-order valence-electron chi connectivity index (χ3n) is 3.84.